The molecule has 7 heteroatoms. The third-order valence-corrected chi connectivity index (χ3v) is 6.12. The van der Waals surface area contributed by atoms with Gasteiger partial charge in [-0.15, -0.1) is 0 Å². The number of hydrogen-bond donors (Lipinski definition) is 2. The maximum atomic E-state index is 13.1. The van der Waals surface area contributed by atoms with E-state index in [0.717, 1.165) is 15.8 Å². The van der Waals surface area contributed by atoms with Gasteiger partial charge in [-0.05, 0) is 49.4 Å². The van der Waals surface area contributed by atoms with E-state index in [9.17, 15) is 9.59 Å². The number of anilines is 2. The number of carbonyl (C=O) groups is 2. The molecule has 2 aliphatic heterocycles. The summed E-state index contributed by atoms with van der Waals surface area (Å²) in [6.45, 7) is 1.91. The number of halogens is 1. The molecule has 31 heavy (non-hydrogen) atoms. The quantitative estimate of drug-likeness (QED) is 0.525. The third kappa shape index (κ3) is 3.55. The van der Waals surface area contributed by atoms with Gasteiger partial charge in [0.2, 0.25) is 0 Å². The van der Waals surface area contributed by atoms with E-state index in [2.05, 4.69) is 26.6 Å². The summed E-state index contributed by atoms with van der Waals surface area (Å²) >= 11 is 3.40. The number of benzene rings is 3. The topological polar surface area (TPSA) is 70.7 Å². The van der Waals surface area contributed by atoms with Gasteiger partial charge in [-0.25, -0.2) is 4.79 Å². The smallest absolute Gasteiger partial charge is 0.325 e. The molecule has 2 aliphatic rings. The van der Waals surface area contributed by atoms with Crippen LogP contribution in [0, 0.1) is 0 Å². The van der Waals surface area contributed by atoms with Crippen LogP contribution < -0.4 is 20.3 Å². The van der Waals surface area contributed by atoms with Gasteiger partial charge in [0.15, 0.2) is 5.72 Å². The van der Waals surface area contributed by atoms with Crippen molar-refractivity contribution in [3.63, 3.8) is 0 Å². The molecule has 1 fully saturated rings. The van der Waals surface area contributed by atoms with Crippen molar-refractivity contribution in [3.8, 4) is 5.75 Å². The van der Waals surface area contributed by atoms with Crippen molar-refractivity contribution < 1.29 is 14.3 Å². The minimum Gasteiger partial charge on any atom is -0.467 e. The van der Waals surface area contributed by atoms with Crippen LogP contribution in [-0.4, -0.2) is 17.7 Å². The Morgan fingerprint density at radius 2 is 1.94 bits per heavy atom. The first kappa shape index (κ1) is 19.6. The van der Waals surface area contributed by atoms with Crippen LogP contribution in [0.5, 0.6) is 5.75 Å². The van der Waals surface area contributed by atoms with E-state index in [1.165, 1.54) is 0 Å². The van der Waals surface area contributed by atoms with Crippen molar-refractivity contribution in [1.29, 1.82) is 0 Å². The van der Waals surface area contributed by atoms with Crippen molar-refractivity contribution in [1.82, 2.24) is 5.32 Å². The number of para-hydroxylation sites is 1. The molecule has 6 nitrogen and oxygen atoms in total. The van der Waals surface area contributed by atoms with Crippen molar-refractivity contribution >= 4 is 39.2 Å². The van der Waals surface area contributed by atoms with Gasteiger partial charge in [0, 0.05) is 27.7 Å². The summed E-state index contributed by atoms with van der Waals surface area (Å²) in [6.07, 6.45) is 0.601. The van der Waals surface area contributed by atoms with Crippen molar-refractivity contribution in [2.75, 3.05) is 10.2 Å². The average molecular weight is 478 g/mol. The number of urea groups is 1. The molecule has 2 heterocycles. The van der Waals surface area contributed by atoms with E-state index in [4.69, 9.17) is 4.74 Å². The highest BCUT2D eigenvalue weighted by Crippen LogP contribution is 2.45. The summed E-state index contributed by atoms with van der Waals surface area (Å²) in [5, 5.41) is 5.96. The maximum absolute atomic E-state index is 13.1. The highest BCUT2D eigenvalue weighted by molar-refractivity contribution is 9.10. The Kier molecular flexibility index (Phi) is 4.70. The predicted octanol–water partition coefficient (Wildman–Crippen LogP) is 5.47. The molecule has 0 aromatic heterocycles. The molecule has 2 N–H and O–H groups in total. The Bertz CT molecular complexity index is 1200. The van der Waals surface area contributed by atoms with Crippen LogP contribution in [0.15, 0.2) is 77.3 Å². The summed E-state index contributed by atoms with van der Waals surface area (Å²) in [7, 11) is 0. The zero-order valence-electron chi connectivity index (χ0n) is 16.8. The lowest BCUT2D eigenvalue weighted by atomic mass is 9.90. The third-order valence-electron chi connectivity index (χ3n) is 5.63. The molecule has 0 saturated carbocycles. The summed E-state index contributed by atoms with van der Waals surface area (Å²) in [4.78, 5) is 27.5. The normalized spacial score (nSPS) is 21.5. The molecule has 0 unspecified atom stereocenters. The number of hydrogen-bond acceptors (Lipinski definition) is 3. The number of carbonyl (C=O) groups excluding carboxylic acids is 2. The van der Waals surface area contributed by atoms with Crippen LogP contribution in [-0.2, 0) is 0 Å². The van der Waals surface area contributed by atoms with Crippen molar-refractivity contribution in [3.05, 3.63) is 88.4 Å². The second-order valence-corrected chi connectivity index (χ2v) is 8.79. The largest absolute Gasteiger partial charge is 0.467 e. The Morgan fingerprint density at radius 3 is 2.77 bits per heavy atom. The van der Waals surface area contributed by atoms with E-state index in [0.29, 0.717) is 23.4 Å². The molecule has 1 saturated heterocycles. The Morgan fingerprint density at radius 1 is 1.13 bits per heavy atom. The van der Waals surface area contributed by atoms with Crippen molar-refractivity contribution in [2.24, 2.45) is 0 Å². The Hall–Kier alpha value is -3.32. The fourth-order valence-electron chi connectivity index (χ4n) is 4.27. The van der Waals surface area contributed by atoms with Gasteiger partial charge in [-0.2, -0.15) is 0 Å². The number of ether oxygens (including phenoxy) is 1. The molecule has 0 radical (unpaired) electrons. The number of amides is 3. The Labute approximate surface area is 188 Å². The lowest BCUT2D eigenvalue weighted by Gasteiger charge is -2.50. The second kappa shape index (κ2) is 7.42. The standard InChI is InChI=1S/C24H20BrN3O3/c1-24-14-20(19-10-2-3-11-21(19)31-24)27-23(30)28(24)18-9-4-6-15(12-18)22(29)26-17-8-5-7-16(25)13-17/h2-13,20H,14H2,1H3,(H,26,29)(H,27,30)/t20-,24-/m1/s1. The molecule has 156 valence electrons. The van der Waals surface area contributed by atoms with E-state index in [1.807, 2.05) is 61.5 Å². The van der Waals surface area contributed by atoms with Gasteiger partial charge in [0.1, 0.15) is 5.75 Å². The highest BCUT2D eigenvalue weighted by Gasteiger charge is 2.49. The van der Waals surface area contributed by atoms with Crippen LogP contribution in [0.2, 0.25) is 0 Å². The van der Waals surface area contributed by atoms with Crippen LogP contribution in [0.4, 0.5) is 16.2 Å². The minimum absolute atomic E-state index is 0.110. The fraction of sp³-hybridized carbons (Fsp3) is 0.167. The first-order chi connectivity index (χ1) is 14.9. The molecule has 0 aliphatic carbocycles. The maximum Gasteiger partial charge on any atom is 0.325 e. The van der Waals surface area contributed by atoms with Gasteiger partial charge < -0.3 is 15.4 Å². The van der Waals surface area contributed by atoms with Gasteiger partial charge in [0.25, 0.3) is 5.91 Å². The molecule has 0 spiro atoms. The molecule has 5 rings (SSSR count). The van der Waals surface area contributed by atoms with Crippen molar-refractivity contribution in [2.45, 2.75) is 25.1 Å². The van der Waals surface area contributed by atoms with E-state index < -0.39 is 5.72 Å². The second-order valence-electron chi connectivity index (χ2n) is 7.87. The minimum atomic E-state index is -0.860. The molecular formula is C24H20BrN3O3. The van der Waals surface area contributed by atoms with Gasteiger partial charge in [-0.3, -0.25) is 9.69 Å². The zero-order valence-corrected chi connectivity index (χ0v) is 18.3. The van der Waals surface area contributed by atoms with Gasteiger partial charge in [-0.1, -0.05) is 46.3 Å². The van der Waals surface area contributed by atoms with E-state index >= 15 is 0 Å². The van der Waals surface area contributed by atoms with Crippen LogP contribution in [0.3, 0.4) is 0 Å². The molecule has 2 bridgehead atoms. The summed E-state index contributed by atoms with van der Waals surface area (Å²) < 4.78 is 7.17. The molecule has 2 atom stereocenters. The average Bonchev–Trinajstić information content (AvgIpc) is 2.73. The van der Waals surface area contributed by atoms with Crippen LogP contribution >= 0.6 is 15.9 Å². The van der Waals surface area contributed by atoms with Gasteiger partial charge in [0.05, 0.1) is 11.7 Å². The number of fused-ring (bicyclic) bond motifs is 4. The summed E-state index contributed by atoms with van der Waals surface area (Å²) in [6, 6.07) is 21.8. The lowest BCUT2D eigenvalue weighted by molar-refractivity contribution is 0.0378. The molecule has 3 amide bonds. The molecule has 3 aromatic rings. The molecule has 3 aromatic carbocycles. The first-order valence-electron chi connectivity index (χ1n) is 9.99. The number of nitrogens with zero attached hydrogens (tertiary/aromatic N) is 1. The van der Waals surface area contributed by atoms with Crippen LogP contribution in [0.25, 0.3) is 0 Å². The predicted molar refractivity (Wildman–Crippen MR) is 122 cm³/mol. The SMILES string of the molecule is C[C@@]12C[C@@H](NC(=O)N1c1cccc(C(=O)Nc3cccc(Br)c3)c1)c1ccccc1O2. The van der Waals surface area contributed by atoms with E-state index in [1.54, 1.807) is 23.1 Å². The number of nitrogens with one attached hydrogen (secondary N) is 2. The first-order valence-corrected chi connectivity index (χ1v) is 10.8. The highest BCUT2D eigenvalue weighted by atomic mass is 79.9. The molecular weight excluding hydrogens is 458 g/mol. The fourth-order valence-corrected chi connectivity index (χ4v) is 4.67. The van der Waals surface area contributed by atoms with Gasteiger partial charge >= 0.3 is 6.03 Å². The van der Waals surface area contributed by atoms with Crippen LogP contribution in [0.1, 0.15) is 35.3 Å². The zero-order chi connectivity index (χ0) is 21.6. The number of rotatable bonds is 3. The summed E-state index contributed by atoms with van der Waals surface area (Å²) in [5.74, 6) is 0.505. The lowest BCUT2D eigenvalue weighted by Crippen LogP contribution is -2.65. The monoisotopic (exact) mass is 477 g/mol. The summed E-state index contributed by atoms with van der Waals surface area (Å²) in [5.41, 5.74) is 1.85. The van der Waals surface area contributed by atoms with E-state index in [-0.39, 0.29) is 18.0 Å². The Balaban J connectivity index is 1.45.